The second kappa shape index (κ2) is 4.86. The number of rotatable bonds is 1. The van der Waals surface area contributed by atoms with Gasteiger partial charge in [-0.2, -0.15) is 5.26 Å². The van der Waals surface area contributed by atoms with Crippen molar-refractivity contribution in [1.82, 2.24) is 0 Å². The third-order valence-corrected chi connectivity index (χ3v) is 4.47. The number of Topliss-reactive ketones (excluding diaryl/α,β-unsaturated/α-hetero) is 1. The molecule has 2 fully saturated rings. The van der Waals surface area contributed by atoms with E-state index in [1.54, 1.807) is 6.07 Å². The van der Waals surface area contributed by atoms with E-state index in [0.717, 1.165) is 18.5 Å². The number of anilines is 1. The van der Waals surface area contributed by atoms with Crippen LogP contribution in [0.5, 0.6) is 0 Å². The van der Waals surface area contributed by atoms with Gasteiger partial charge < -0.3 is 4.90 Å². The van der Waals surface area contributed by atoms with Gasteiger partial charge in [-0.25, -0.2) is 0 Å². The molecule has 19 heavy (non-hydrogen) atoms. The minimum Gasteiger partial charge on any atom is -0.365 e. The lowest BCUT2D eigenvalue weighted by Crippen LogP contribution is -2.52. The van der Waals surface area contributed by atoms with E-state index in [2.05, 4.69) is 11.0 Å². The molecule has 2 unspecified atom stereocenters. The average molecular weight is 275 g/mol. The minimum absolute atomic E-state index is 0.309. The second-order valence-electron chi connectivity index (χ2n) is 5.37. The molecule has 0 amide bonds. The van der Waals surface area contributed by atoms with Crippen LogP contribution in [0, 0.1) is 11.3 Å². The van der Waals surface area contributed by atoms with Crippen molar-refractivity contribution in [3.63, 3.8) is 0 Å². The smallest absolute Gasteiger partial charge is 0.137 e. The number of carbonyl (C=O) groups is 1. The number of hydrogen-bond donors (Lipinski definition) is 0. The number of piperidine rings is 2. The summed E-state index contributed by atoms with van der Waals surface area (Å²) in [4.78, 5) is 14.1. The molecule has 2 heterocycles. The van der Waals surface area contributed by atoms with Crippen LogP contribution >= 0.6 is 11.6 Å². The molecule has 0 saturated carbocycles. The van der Waals surface area contributed by atoms with Crippen LogP contribution in [0.4, 0.5) is 5.69 Å². The summed E-state index contributed by atoms with van der Waals surface area (Å²) < 4.78 is 0. The molecule has 2 saturated heterocycles. The van der Waals surface area contributed by atoms with Crippen LogP contribution in [0.3, 0.4) is 0 Å². The summed E-state index contributed by atoms with van der Waals surface area (Å²) in [5.41, 5.74) is 1.55. The summed E-state index contributed by atoms with van der Waals surface area (Å²) in [7, 11) is 0. The van der Waals surface area contributed by atoms with Gasteiger partial charge in [0.25, 0.3) is 0 Å². The fraction of sp³-hybridized carbons (Fsp3) is 0.467. The summed E-state index contributed by atoms with van der Waals surface area (Å²) in [6.45, 7) is 0. The standard InChI is InChI=1S/C15H15ClN2O/c16-15-8-13(5-4-10(15)9-17)18-11-2-1-3-12(18)7-14(19)6-11/h4-5,8,11-12H,1-3,6-7H2. The van der Waals surface area contributed by atoms with E-state index in [0.29, 0.717) is 41.3 Å². The Balaban J connectivity index is 1.95. The minimum atomic E-state index is 0.309. The summed E-state index contributed by atoms with van der Waals surface area (Å²) in [5.74, 6) is 0.380. The molecule has 2 aliphatic rings. The van der Waals surface area contributed by atoms with E-state index in [9.17, 15) is 4.79 Å². The van der Waals surface area contributed by atoms with Crippen LogP contribution in [-0.2, 0) is 4.79 Å². The number of fused-ring (bicyclic) bond motifs is 2. The van der Waals surface area contributed by atoms with Gasteiger partial charge in [-0.15, -0.1) is 0 Å². The predicted molar refractivity (Wildman–Crippen MR) is 74.3 cm³/mol. The van der Waals surface area contributed by atoms with Gasteiger partial charge in [-0.3, -0.25) is 4.79 Å². The topological polar surface area (TPSA) is 44.1 Å². The maximum absolute atomic E-state index is 11.7. The number of ketones is 1. The van der Waals surface area contributed by atoms with Gasteiger partial charge in [0.2, 0.25) is 0 Å². The molecule has 0 radical (unpaired) electrons. The van der Waals surface area contributed by atoms with E-state index < -0.39 is 0 Å². The number of hydrogen-bond acceptors (Lipinski definition) is 3. The molecular formula is C15H15ClN2O. The van der Waals surface area contributed by atoms with Crippen molar-refractivity contribution in [1.29, 1.82) is 5.26 Å². The highest BCUT2D eigenvalue weighted by molar-refractivity contribution is 6.32. The van der Waals surface area contributed by atoms with E-state index in [-0.39, 0.29) is 0 Å². The third-order valence-electron chi connectivity index (χ3n) is 4.16. The molecule has 0 N–H and O–H groups in total. The van der Waals surface area contributed by atoms with Crippen molar-refractivity contribution in [3.05, 3.63) is 28.8 Å². The lowest BCUT2D eigenvalue weighted by Gasteiger charge is -2.47. The predicted octanol–water partition coefficient (Wildman–Crippen LogP) is 3.30. The van der Waals surface area contributed by atoms with Crippen LogP contribution in [0.25, 0.3) is 0 Å². The Morgan fingerprint density at radius 3 is 2.53 bits per heavy atom. The molecule has 0 aromatic heterocycles. The Labute approximate surface area is 117 Å². The Hall–Kier alpha value is -1.53. The van der Waals surface area contributed by atoms with Crippen LogP contribution in [0.15, 0.2) is 18.2 Å². The summed E-state index contributed by atoms with van der Waals surface area (Å²) in [6.07, 6.45) is 4.63. The Bertz CT molecular complexity index is 548. The van der Waals surface area contributed by atoms with Gasteiger partial charge in [0, 0.05) is 30.6 Å². The highest BCUT2D eigenvalue weighted by Gasteiger charge is 2.37. The molecule has 2 atom stereocenters. The lowest BCUT2D eigenvalue weighted by atomic mass is 9.83. The van der Waals surface area contributed by atoms with E-state index >= 15 is 0 Å². The van der Waals surface area contributed by atoms with E-state index in [1.165, 1.54) is 6.42 Å². The van der Waals surface area contributed by atoms with Gasteiger partial charge in [-0.05, 0) is 37.5 Å². The first-order valence-electron chi connectivity index (χ1n) is 6.68. The second-order valence-corrected chi connectivity index (χ2v) is 5.78. The zero-order valence-corrected chi connectivity index (χ0v) is 11.4. The number of halogens is 1. The van der Waals surface area contributed by atoms with Crippen LogP contribution in [0.2, 0.25) is 5.02 Å². The SMILES string of the molecule is N#Cc1ccc(N2C3CCCC2CC(=O)C3)cc1Cl. The monoisotopic (exact) mass is 274 g/mol. The number of benzene rings is 1. The van der Waals surface area contributed by atoms with Gasteiger partial charge >= 0.3 is 0 Å². The maximum Gasteiger partial charge on any atom is 0.137 e. The molecule has 1 aromatic carbocycles. The molecule has 1 aromatic rings. The Kier molecular flexibility index (Phi) is 3.20. The van der Waals surface area contributed by atoms with Crippen LogP contribution < -0.4 is 4.90 Å². The van der Waals surface area contributed by atoms with E-state index in [4.69, 9.17) is 16.9 Å². The molecule has 0 aliphatic carbocycles. The van der Waals surface area contributed by atoms with Crippen molar-refractivity contribution in [2.75, 3.05) is 4.90 Å². The van der Waals surface area contributed by atoms with Crippen molar-refractivity contribution in [2.45, 2.75) is 44.2 Å². The Morgan fingerprint density at radius 1 is 1.26 bits per heavy atom. The van der Waals surface area contributed by atoms with Gasteiger partial charge in [0.05, 0.1) is 10.6 Å². The highest BCUT2D eigenvalue weighted by Crippen LogP contribution is 2.37. The molecule has 3 nitrogen and oxygen atoms in total. The van der Waals surface area contributed by atoms with Crippen molar-refractivity contribution < 1.29 is 4.79 Å². The normalized spacial score (nSPS) is 26.1. The zero-order valence-electron chi connectivity index (χ0n) is 10.6. The van der Waals surface area contributed by atoms with E-state index in [1.807, 2.05) is 12.1 Å². The fourth-order valence-corrected chi connectivity index (χ4v) is 3.57. The number of nitriles is 1. The maximum atomic E-state index is 11.7. The number of carbonyl (C=O) groups excluding carboxylic acids is 1. The van der Waals surface area contributed by atoms with Gasteiger partial charge in [-0.1, -0.05) is 11.6 Å². The lowest BCUT2D eigenvalue weighted by molar-refractivity contribution is -0.121. The van der Waals surface area contributed by atoms with Crippen LogP contribution in [0.1, 0.15) is 37.7 Å². The fourth-order valence-electron chi connectivity index (χ4n) is 3.35. The summed E-state index contributed by atoms with van der Waals surface area (Å²) >= 11 is 6.12. The summed E-state index contributed by atoms with van der Waals surface area (Å²) in [5, 5.41) is 9.42. The Morgan fingerprint density at radius 2 is 1.95 bits per heavy atom. The van der Waals surface area contributed by atoms with Gasteiger partial charge in [0.1, 0.15) is 11.9 Å². The quantitative estimate of drug-likeness (QED) is 0.789. The first kappa shape index (κ1) is 12.5. The number of nitrogens with zero attached hydrogens (tertiary/aromatic N) is 2. The van der Waals surface area contributed by atoms with Crippen LogP contribution in [-0.4, -0.2) is 17.9 Å². The molecule has 0 spiro atoms. The largest absolute Gasteiger partial charge is 0.365 e. The average Bonchev–Trinajstić information content (AvgIpc) is 2.37. The first-order chi connectivity index (χ1) is 9.19. The molecule has 2 bridgehead atoms. The molecule has 98 valence electrons. The molecular weight excluding hydrogens is 260 g/mol. The summed E-state index contributed by atoms with van der Waals surface area (Å²) in [6, 6.07) is 8.28. The molecule has 2 aliphatic heterocycles. The van der Waals surface area contributed by atoms with Crippen molar-refractivity contribution in [3.8, 4) is 6.07 Å². The van der Waals surface area contributed by atoms with Crippen molar-refractivity contribution in [2.24, 2.45) is 0 Å². The molecule has 4 heteroatoms. The molecule has 3 rings (SSSR count). The third kappa shape index (κ3) is 2.21. The first-order valence-corrected chi connectivity index (χ1v) is 7.06. The highest BCUT2D eigenvalue weighted by atomic mass is 35.5. The van der Waals surface area contributed by atoms with Gasteiger partial charge in [0.15, 0.2) is 0 Å². The zero-order chi connectivity index (χ0) is 13.4. The van der Waals surface area contributed by atoms with Crippen molar-refractivity contribution >= 4 is 23.1 Å².